The molecule has 2 aromatic rings. The van der Waals surface area contributed by atoms with Crippen molar-refractivity contribution in [2.75, 3.05) is 13.4 Å². The Bertz CT molecular complexity index is 1460. The molecule has 2 aliphatic heterocycles. The highest BCUT2D eigenvalue weighted by atomic mass is 35.5. The van der Waals surface area contributed by atoms with Crippen molar-refractivity contribution in [3.63, 3.8) is 0 Å². The van der Waals surface area contributed by atoms with Crippen molar-refractivity contribution in [3.8, 4) is 17.2 Å². The number of amides is 1. The maximum atomic E-state index is 15.1. The van der Waals surface area contributed by atoms with E-state index in [9.17, 15) is 30.3 Å². The van der Waals surface area contributed by atoms with E-state index >= 15 is 4.39 Å². The number of aliphatic hydroxyl groups excluding tert-OH is 4. The summed E-state index contributed by atoms with van der Waals surface area (Å²) in [6.45, 7) is 3.30. The van der Waals surface area contributed by atoms with Crippen LogP contribution in [0.1, 0.15) is 25.8 Å². The van der Waals surface area contributed by atoms with Gasteiger partial charge in [0.1, 0.15) is 61.9 Å². The van der Waals surface area contributed by atoms with Crippen LogP contribution in [0, 0.1) is 0 Å². The van der Waals surface area contributed by atoms with Crippen molar-refractivity contribution in [1.29, 1.82) is 0 Å². The van der Waals surface area contributed by atoms with Gasteiger partial charge in [0.2, 0.25) is 12.2 Å². The van der Waals surface area contributed by atoms with Crippen molar-refractivity contribution in [3.05, 3.63) is 70.3 Å². The quantitative estimate of drug-likeness (QED) is 0.162. The van der Waals surface area contributed by atoms with Gasteiger partial charge in [0.05, 0.1) is 6.04 Å². The Hall–Kier alpha value is -3.27. The molecule has 2 aromatic carbocycles. The first-order valence-corrected chi connectivity index (χ1v) is 15.2. The number of halogens is 2. The summed E-state index contributed by atoms with van der Waals surface area (Å²) in [5, 5.41) is 55.6. The number of phenolic OH excluding ortho intramolecular Hbond substituents is 1. The molecule has 3 fully saturated rings. The van der Waals surface area contributed by atoms with Crippen molar-refractivity contribution in [1.82, 2.24) is 5.32 Å². The van der Waals surface area contributed by atoms with Crippen molar-refractivity contribution in [2.24, 2.45) is 0 Å². The predicted octanol–water partition coefficient (Wildman–Crippen LogP) is 1.99. The lowest BCUT2D eigenvalue weighted by Gasteiger charge is -2.41. The van der Waals surface area contributed by atoms with Crippen LogP contribution in [-0.2, 0) is 19.0 Å². The smallest absolute Gasteiger partial charge is 0.247 e. The number of ether oxygens (including phenoxy) is 5. The van der Waals surface area contributed by atoms with E-state index in [4.69, 9.17) is 35.3 Å². The van der Waals surface area contributed by atoms with Gasteiger partial charge in [0, 0.05) is 10.6 Å². The summed E-state index contributed by atoms with van der Waals surface area (Å²) in [4.78, 5) is 12.9. The number of carbonyl (C=O) groups excluding carboxylic acids is 1. The third-order valence-electron chi connectivity index (χ3n) is 8.21. The molecule has 14 heteroatoms. The minimum atomic E-state index is -1.92. The topological polar surface area (TPSA) is 176 Å². The fourth-order valence-electron chi connectivity index (χ4n) is 5.68. The molecule has 3 aliphatic rings. The van der Waals surface area contributed by atoms with Gasteiger partial charge < -0.3 is 54.5 Å². The van der Waals surface area contributed by atoms with Crippen molar-refractivity contribution < 1.29 is 58.4 Å². The molecule has 0 bridgehead atoms. The summed E-state index contributed by atoms with van der Waals surface area (Å²) in [6.07, 6.45) is -8.41. The summed E-state index contributed by atoms with van der Waals surface area (Å²) in [5.41, 5.74) is 1.14. The second kappa shape index (κ2) is 14.7. The number of nitrogens with one attached hydrogen (secondary N) is 1. The molecular weight excluding hydrogens is 629 g/mol. The zero-order chi connectivity index (χ0) is 33.1. The molecule has 0 spiro atoms. The third kappa shape index (κ3) is 7.32. The van der Waals surface area contributed by atoms with Gasteiger partial charge in [0.25, 0.3) is 0 Å². The van der Waals surface area contributed by atoms with Gasteiger partial charge in [-0.15, -0.1) is 0 Å². The number of fused-ring (bicyclic) bond motifs is 1. The van der Waals surface area contributed by atoms with Crippen molar-refractivity contribution >= 4 is 23.6 Å². The van der Waals surface area contributed by atoms with Crippen LogP contribution >= 0.6 is 11.6 Å². The van der Waals surface area contributed by atoms with E-state index in [2.05, 4.69) is 5.32 Å². The normalized spacial score (nSPS) is 33.0. The Balaban J connectivity index is 1.19. The van der Waals surface area contributed by atoms with Crippen LogP contribution in [0.4, 0.5) is 4.39 Å². The van der Waals surface area contributed by atoms with Crippen LogP contribution in [0.25, 0.3) is 6.08 Å². The first-order valence-electron chi connectivity index (χ1n) is 14.8. The lowest BCUT2D eigenvalue weighted by Crippen LogP contribution is -2.67. The molecule has 1 aliphatic carbocycles. The second-order valence-electron chi connectivity index (χ2n) is 11.3. The average Bonchev–Trinajstić information content (AvgIpc) is 3.63. The highest BCUT2D eigenvalue weighted by Gasteiger charge is 2.53. The minimum absolute atomic E-state index is 0.109. The monoisotopic (exact) mass is 665 g/mol. The first-order chi connectivity index (χ1) is 22.0. The molecule has 46 heavy (non-hydrogen) atoms. The van der Waals surface area contributed by atoms with E-state index in [1.54, 1.807) is 30.3 Å². The van der Waals surface area contributed by atoms with Crippen LogP contribution in [0.5, 0.6) is 17.2 Å². The Morgan fingerprint density at radius 3 is 2.50 bits per heavy atom. The number of rotatable bonds is 10. The number of alkyl halides is 1. The molecule has 2 heterocycles. The molecular formula is C32H37ClFNO11. The number of phenols is 1. The number of benzene rings is 2. The summed E-state index contributed by atoms with van der Waals surface area (Å²) >= 11 is 5.98. The molecule has 2 saturated heterocycles. The average molecular weight is 666 g/mol. The SMILES string of the molecule is CCC(=CCOc1cccc(Cl)c1)[C@H]1O[C@@H](Oc2ccc(C=C(C)C(=O)N[C@@H]3[C@H](O)[C@@H](O)[C@H]4OCO[C@H]4[C@@H]3O)cc2O)[C@@H](F)[C@@H]1O. The predicted molar refractivity (Wildman–Crippen MR) is 162 cm³/mol. The number of hydrogen-bond acceptors (Lipinski definition) is 11. The van der Waals surface area contributed by atoms with Gasteiger partial charge in [-0.3, -0.25) is 4.79 Å². The van der Waals surface area contributed by atoms with Crippen LogP contribution < -0.4 is 14.8 Å². The third-order valence-corrected chi connectivity index (χ3v) is 8.45. The molecule has 10 atom stereocenters. The van der Waals surface area contributed by atoms with E-state index in [1.165, 1.54) is 31.2 Å². The molecule has 5 rings (SSSR count). The zero-order valence-corrected chi connectivity index (χ0v) is 25.8. The standard InChI is InChI=1S/C32H37ClFNO11/c1-3-17(9-10-42-19-6-4-5-18(33)13-19)28-24(37)22(34)32(46-28)45-21-8-7-16(12-20(21)36)11-15(2)31(41)35-23-25(38)27(40)30-29(26(23)39)43-14-44-30/h4-9,11-13,22-30,32,36-40H,3,10,14H2,1-2H3,(H,35,41)/t22-,23+,24-,25-,26+,27+,28+,29-,30+,32+/m0/s1. The van der Waals surface area contributed by atoms with Gasteiger partial charge in [-0.05, 0) is 67.0 Å². The number of carbonyl (C=O) groups is 1. The van der Waals surface area contributed by atoms with Gasteiger partial charge in [-0.1, -0.05) is 30.7 Å². The lowest BCUT2D eigenvalue weighted by atomic mass is 9.83. The fraction of sp³-hybridized carbons (Fsp3) is 0.469. The second-order valence-corrected chi connectivity index (χ2v) is 11.7. The Labute approximate surface area is 269 Å². The summed E-state index contributed by atoms with van der Waals surface area (Å²) in [5.74, 6) is -0.579. The van der Waals surface area contributed by atoms with E-state index in [0.29, 0.717) is 28.3 Å². The highest BCUT2D eigenvalue weighted by Crippen LogP contribution is 2.36. The van der Waals surface area contributed by atoms with E-state index in [1.807, 2.05) is 6.92 Å². The largest absolute Gasteiger partial charge is 0.504 e. The number of aromatic hydroxyl groups is 1. The van der Waals surface area contributed by atoms with E-state index < -0.39 is 67.1 Å². The molecule has 1 saturated carbocycles. The Morgan fingerprint density at radius 1 is 1.07 bits per heavy atom. The maximum Gasteiger partial charge on any atom is 0.247 e. The van der Waals surface area contributed by atoms with Gasteiger partial charge in [0.15, 0.2) is 17.7 Å². The molecule has 1 amide bonds. The summed E-state index contributed by atoms with van der Waals surface area (Å²) in [7, 11) is 0. The van der Waals surface area contributed by atoms with Crippen molar-refractivity contribution in [2.45, 2.75) is 81.5 Å². The molecule has 12 nitrogen and oxygen atoms in total. The molecule has 0 radical (unpaired) electrons. The minimum Gasteiger partial charge on any atom is -0.504 e. The summed E-state index contributed by atoms with van der Waals surface area (Å²) in [6, 6.07) is 9.79. The number of hydrogen-bond donors (Lipinski definition) is 6. The summed E-state index contributed by atoms with van der Waals surface area (Å²) < 4.78 is 42.6. The Kier molecular flexibility index (Phi) is 10.9. The first kappa shape index (κ1) is 34.1. The van der Waals surface area contributed by atoms with Gasteiger partial charge in [-0.25, -0.2) is 4.39 Å². The molecule has 0 unspecified atom stereocenters. The number of aliphatic hydroxyl groups is 4. The van der Waals surface area contributed by atoms with E-state index in [-0.39, 0.29) is 30.5 Å². The molecule has 0 aromatic heterocycles. The lowest BCUT2D eigenvalue weighted by molar-refractivity contribution is -0.155. The fourth-order valence-corrected chi connectivity index (χ4v) is 5.86. The van der Waals surface area contributed by atoms with Crippen LogP contribution in [-0.4, -0.2) is 106 Å². The van der Waals surface area contributed by atoms with Gasteiger partial charge >= 0.3 is 0 Å². The van der Waals surface area contributed by atoms with Crippen LogP contribution in [0.15, 0.2) is 59.7 Å². The molecule has 6 N–H and O–H groups in total. The van der Waals surface area contributed by atoms with Crippen LogP contribution in [0.3, 0.4) is 0 Å². The highest BCUT2D eigenvalue weighted by molar-refractivity contribution is 6.30. The maximum absolute atomic E-state index is 15.1. The molecule has 250 valence electrons. The zero-order valence-electron chi connectivity index (χ0n) is 25.0. The van der Waals surface area contributed by atoms with E-state index in [0.717, 1.165) is 0 Å². The van der Waals surface area contributed by atoms with Crippen LogP contribution in [0.2, 0.25) is 5.02 Å². The Morgan fingerprint density at radius 2 is 1.80 bits per heavy atom. The van der Waals surface area contributed by atoms with Gasteiger partial charge in [-0.2, -0.15) is 0 Å².